The third kappa shape index (κ3) is 2.93. The first-order valence-electron chi connectivity index (χ1n) is 6.53. The zero-order chi connectivity index (χ0) is 15.0. The molecular weight excluding hydrogens is 296 g/mol. The fourth-order valence-corrected chi connectivity index (χ4v) is 3.39. The monoisotopic (exact) mass is 309 g/mol. The van der Waals surface area contributed by atoms with Crippen LogP contribution < -0.4 is 11.1 Å². The molecule has 0 saturated heterocycles. The predicted octanol–water partition coefficient (Wildman–Crippen LogP) is 2.49. The molecule has 0 unspecified atom stereocenters. The molecule has 0 bridgehead atoms. The van der Waals surface area contributed by atoms with E-state index in [1.807, 2.05) is 0 Å². The third-order valence-corrected chi connectivity index (χ3v) is 4.41. The first-order chi connectivity index (χ1) is 10.0. The lowest BCUT2D eigenvalue weighted by atomic mass is 9.99. The number of nitrogens with two attached hydrogens (primary N) is 1. The van der Waals surface area contributed by atoms with Crippen LogP contribution in [-0.2, 0) is 12.8 Å². The second kappa shape index (κ2) is 5.50. The summed E-state index contributed by atoms with van der Waals surface area (Å²) in [5.74, 6) is -2.25. The zero-order valence-electron chi connectivity index (χ0n) is 11.0. The lowest BCUT2D eigenvalue weighted by Gasteiger charge is -2.15. The summed E-state index contributed by atoms with van der Waals surface area (Å²) >= 11 is 1.35. The van der Waals surface area contributed by atoms with Crippen LogP contribution in [0.1, 0.15) is 27.3 Å². The van der Waals surface area contributed by atoms with Gasteiger partial charge in [0.25, 0.3) is 5.91 Å². The van der Waals surface area contributed by atoms with E-state index in [9.17, 15) is 13.6 Å². The Morgan fingerprint density at radius 3 is 3.00 bits per heavy atom. The van der Waals surface area contributed by atoms with E-state index in [0.29, 0.717) is 11.2 Å². The number of fused-ring (bicyclic) bond motifs is 1. The number of nitrogens with one attached hydrogen (secondary N) is 1. The Morgan fingerprint density at radius 1 is 1.43 bits per heavy atom. The molecule has 1 amide bonds. The summed E-state index contributed by atoms with van der Waals surface area (Å²) in [5, 5.41) is 2.98. The van der Waals surface area contributed by atoms with Gasteiger partial charge in [-0.25, -0.2) is 13.8 Å². The molecule has 1 heterocycles. The van der Waals surface area contributed by atoms with Crippen LogP contribution in [0.25, 0.3) is 0 Å². The van der Waals surface area contributed by atoms with Gasteiger partial charge in [-0.1, -0.05) is 0 Å². The van der Waals surface area contributed by atoms with E-state index < -0.39 is 17.5 Å². The molecular formula is C14H13F2N3OS. The Balaban J connectivity index is 1.79. The molecule has 0 fully saturated rings. The number of hydrogen-bond acceptors (Lipinski definition) is 4. The summed E-state index contributed by atoms with van der Waals surface area (Å²) in [4.78, 5) is 17.4. The quantitative estimate of drug-likeness (QED) is 0.895. The Hall–Kier alpha value is -1.86. The average Bonchev–Trinajstić information content (AvgIpc) is 2.79. The molecule has 0 aliphatic heterocycles. The smallest absolute Gasteiger partial charge is 0.260 e. The molecule has 2 aromatic rings. The van der Waals surface area contributed by atoms with E-state index >= 15 is 0 Å². The van der Waals surface area contributed by atoms with Crippen molar-refractivity contribution in [1.82, 2.24) is 4.98 Å². The maximum Gasteiger partial charge on any atom is 0.260 e. The van der Waals surface area contributed by atoms with Gasteiger partial charge in [0, 0.05) is 17.0 Å². The lowest BCUT2D eigenvalue weighted by molar-refractivity contribution is 0.102. The van der Waals surface area contributed by atoms with E-state index in [4.69, 9.17) is 5.73 Å². The highest BCUT2D eigenvalue weighted by molar-refractivity contribution is 7.15. The summed E-state index contributed by atoms with van der Waals surface area (Å²) in [5.41, 5.74) is 6.63. The molecule has 1 aliphatic rings. The normalized spacial score (nSPS) is 17.4. The van der Waals surface area contributed by atoms with Crippen molar-refractivity contribution < 1.29 is 13.6 Å². The number of hydrogen-bond donors (Lipinski definition) is 2. The van der Waals surface area contributed by atoms with E-state index in [0.717, 1.165) is 42.0 Å². The summed E-state index contributed by atoms with van der Waals surface area (Å²) in [6, 6.07) is 2.96. The van der Waals surface area contributed by atoms with Crippen molar-refractivity contribution in [3.63, 3.8) is 0 Å². The summed E-state index contributed by atoms with van der Waals surface area (Å²) in [6.45, 7) is 0. The molecule has 3 N–H and O–H groups in total. The van der Waals surface area contributed by atoms with Crippen molar-refractivity contribution >= 4 is 22.4 Å². The van der Waals surface area contributed by atoms with Gasteiger partial charge in [0.2, 0.25) is 0 Å². The van der Waals surface area contributed by atoms with Crippen LogP contribution in [0.5, 0.6) is 0 Å². The number of benzene rings is 1. The van der Waals surface area contributed by atoms with Crippen LogP contribution in [0.3, 0.4) is 0 Å². The number of carbonyl (C=O) groups is 1. The van der Waals surface area contributed by atoms with Crippen molar-refractivity contribution in [1.29, 1.82) is 0 Å². The van der Waals surface area contributed by atoms with Gasteiger partial charge in [0.1, 0.15) is 11.6 Å². The van der Waals surface area contributed by atoms with E-state index in [1.165, 1.54) is 11.3 Å². The molecule has 3 rings (SSSR count). The Kier molecular flexibility index (Phi) is 3.69. The largest absolute Gasteiger partial charge is 0.327 e. The van der Waals surface area contributed by atoms with Gasteiger partial charge in [-0.05, 0) is 31.4 Å². The average molecular weight is 309 g/mol. The Labute approximate surface area is 124 Å². The van der Waals surface area contributed by atoms with Crippen molar-refractivity contribution in [2.75, 3.05) is 5.32 Å². The molecule has 0 saturated carbocycles. The minimum Gasteiger partial charge on any atom is -0.327 e. The lowest BCUT2D eigenvalue weighted by Crippen LogP contribution is -2.27. The van der Waals surface area contributed by atoms with Crippen LogP contribution >= 0.6 is 11.3 Å². The maximum absolute atomic E-state index is 13.5. The van der Waals surface area contributed by atoms with Gasteiger partial charge in [0.05, 0.1) is 11.3 Å². The van der Waals surface area contributed by atoms with Crippen LogP contribution in [0.4, 0.5) is 13.9 Å². The first kappa shape index (κ1) is 14.1. The molecule has 7 heteroatoms. The summed E-state index contributed by atoms with van der Waals surface area (Å²) < 4.78 is 26.4. The highest BCUT2D eigenvalue weighted by Crippen LogP contribution is 2.29. The molecule has 1 atom stereocenters. The second-order valence-electron chi connectivity index (χ2n) is 4.97. The highest BCUT2D eigenvalue weighted by Gasteiger charge is 2.21. The Morgan fingerprint density at radius 2 is 2.24 bits per heavy atom. The Bertz CT molecular complexity index is 702. The molecule has 1 aliphatic carbocycles. The van der Waals surface area contributed by atoms with E-state index in [1.54, 1.807) is 0 Å². The van der Waals surface area contributed by atoms with Crippen LogP contribution in [0.15, 0.2) is 18.2 Å². The number of thiazole rings is 1. The molecule has 0 spiro atoms. The van der Waals surface area contributed by atoms with Crippen LogP contribution in [0.2, 0.25) is 0 Å². The molecule has 1 aromatic carbocycles. The first-order valence-corrected chi connectivity index (χ1v) is 7.35. The fourth-order valence-electron chi connectivity index (χ4n) is 2.29. The number of carbonyl (C=O) groups excluding carboxylic acids is 1. The zero-order valence-corrected chi connectivity index (χ0v) is 11.8. The number of nitrogens with zero attached hydrogens (tertiary/aromatic N) is 1. The van der Waals surface area contributed by atoms with Crippen LogP contribution in [0, 0.1) is 11.6 Å². The third-order valence-electron chi connectivity index (χ3n) is 3.37. The van der Waals surface area contributed by atoms with Gasteiger partial charge in [-0.3, -0.25) is 10.1 Å². The van der Waals surface area contributed by atoms with Gasteiger partial charge in [0.15, 0.2) is 5.13 Å². The van der Waals surface area contributed by atoms with E-state index in [2.05, 4.69) is 10.3 Å². The van der Waals surface area contributed by atoms with Crippen molar-refractivity contribution in [2.24, 2.45) is 5.73 Å². The van der Waals surface area contributed by atoms with Crippen molar-refractivity contribution in [3.8, 4) is 0 Å². The predicted molar refractivity (Wildman–Crippen MR) is 76.4 cm³/mol. The molecule has 4 nitrogen and oxygen atoms in total. The molecule has 0 radical (unpaired) electrons. The molecule has 21 heavy (non-hydrogen) atoms. The minimum absolute atomic E-state index is 0.121. The maximum atomic E-state index is 13.5. The number of aromatic nitrogens is 1. The van der Waals surface area contributed by atoms with E-state index in [-0.39, 0.29) is 11.6 Å². The second-order valence-corrected chi connectivity index (χ2v) is 6.05. The SMILES string of the molecule is N[C@H]1CCc2nc(NC(=O)c3ccc(F)cc3F)sc2C1. The van der Waals surface area contributed by atoms with Gasteiger partial charge in [-0.2, -0.15) is 0 Å². The number of anilines is 1. The number of rotatable bonds is 2. The molecule has 1 aromatic heterocycles. The number of halogens is 2. The van der Waals surface area contributed by atoms with Crippen molar-refractivity contribution in [2.45, 2.75) is 25.3 Å². The minimum atomic E-state index is -0.893. The summed E-state index contributed by atoms with van der Waals surface area (Å²) in [6.07, 6.45) is 2.40. The van der Waals surface area contributed by atoms with Gasteiger partial charge in [-0.15, -0.1) is 11.3 Å². The van der Waals surface area contributed by atoms with Gasteiger partial charge >= 0.3 is 0 Å². The summed E-state index contributed by atoms with van der Waals surface area (Å²) in [7, 11) is 0. The number of amides is 1. The highest BCUT2D eigenvalue weighted by atomic mass is 32.1. The number of aryl methyl sites for hydroxylation is 1. The molecule has 110 valence electrons. The van der Waals surface area contributed by atoms with Crippen LogP contribution in [-0.4, -0.2) is 16.9 Å². The standard InChI is InChI=1S/C14H13F2N3OS/c15-7-1-3-9(10(16)5-7)13(20)19-14-18-11-4-2-8(17)6-12(11)21-14/h1,3,5,8H,2,4,6,17H2,(H,18,19,20)/t8-/m0/s1. The van der Waals surface area contributed by atoms with Crippen molar-refractivity contribution in [3.05, 3.63) is 46.0 Å². The van der Waals surface area contributed by atoms with Gasteiger partial charge < -0.3 is 5.73 Å². The fraction of sp³-hybridized carbons (Fsp3) is 0.286. The topological polar surface area (TPSA) is 68.0 Å².